The first kappa shape index (κ1) is 11.1. The molecule has 0 fully saturated rings. The SMILES string of the molecule is C=C(c1ccc2ccccc2c1)C(F)(F)Cl. The highest BCUT2D eigenvalue weighted by atomic mass is 35.5. The van der Waals surface area contributed by atoms with Gasteiger partial charge in [0.1, 0.15) is 0 Å². The average Bonchev–Trinajstić information content (AvgIpc) is 2.26. The highest BCUT2D eigenvalue weighted by Gasteiger charge is 2.30. The standard InChI is InChI=1S/C13H9ClF2/c1-9(13(14,15)16)11-7-6-10-4-2-3-5-12(10)8-11/h2-8H,1H2. The molecule has 0 amide bonds. The molecule has 0 bridgehead atoms. The summed E-state index contributed by atoms with van der Waals surface area (Å²) in [4.78, 5) is 0. The molecular formula is C13H9ClF2. The second kappa shape index (κ2) is 3.87. The maximum Gasteiger partial charge on any atom is 0.348 e. The summed E-state index contributed by atoms with van der Waals surface area (Å²) in [7, 11) is 0. The van der Waals surface area contributed by atoms with E-state index in [0.717, 1.165) is 10.8 Å². The minimum absolute atomic E-state index is 0.360. The molecular weight excluding hydrogens is 230 g/mol. The van der Waals surface area contributed by atoms with E-state index in [2.05, 4.69) is 6.58 Å². The maximum absolute atomic E-state index is 12.9. The molecule has 0 N–H and O–H groups in total. The Labute approximate surface area is 97.2 Å². The van der Waals surface area contributed by atoms with Crippen LogP contribution in [0.3, 0.4) is 0 Å². The molecule has 2 aromatic rings. The fraction of sp³-hybridized carbons (Fsp3) is 0.0769. The van der Waals surface area contributed by atoms with Gasteiger partial charge in [-0.2, -0.15) is 8.78 Å². The van der Waals surface area contributed by atoms with Crippen LogP contribution in [0.25, 0.3) is 16.3 Å². The molecule has 0 spiro atoms. The Morgan fingerprint density at radius 2 is 1.69 bits per heavy atom. The van der Waals surface area contributed by atoms with Gasteiger partial charge in [0.25, 0.3) is 0 Å². The van der Waals surface area contributed by atoms with Gasteiger partial charge >= 0.3 is 5.38 Å². The molecule has 0 saturated heterocycles. The number of benzene rings is 2. The van der Waals surface area contributed by atoms with Crippen molar-refractivity contribution in [2.45, 2.75) is 5.38 Å². The van der Waals surface area contributed by atoms with Gasteiger partial charge in [-0.25, -0.2) is 0 Å². The molecule has 0 heterocycles. The topological polar surface area (TPSA) is 0 Å². The van der Waals surface area contributed by atoms with E-state index in [4.69, 9.17) is 11.6 Å². The molecule has 2 aromatic carbocycles. The largest absolute Gasteiger partial charge is 0.348 e. The first-order valence-electron chi connectivity index (χ1n) is 4.74. The summed E-state index contributed by atoms with van der Waals surface area (Å²) >= 11 is 4.94. The molecule has 82 valence electrons. The summed E-state index contributed by atoms with van der Waals surface area (Å²) in [5.74, 6) is 0. The Balaban J connectivity index is 2.52. The normalized spacial score (nSPS) is 11.7. The van der Waals surface area contributed by atoms with Crippen LogP contribution in [-0.4, -0.2) is 5.38 Å². The van der Waals surface area contributed by atoms with Crippen LogP contribution >= 0.6 is 11.6 Å². The lowest BCUT2D eigenvalue weighted by atomic mass is 10.0. The maximum atomic E-state index is 12.9. The van der Waals surface area contributed by atoms with Crippen LogP contribution in [0, 0.1) is 0 Å². The summed E-state index contributed by atoms with van der Waals surface area (Å²) in [5.41, 5.74) is -0.0152. The second-order valence-electron chi connectivity index (χ2n) is 3.54. The van der Waals surface area contributed by atoms with Gasteiger partial charge in [-0.3, -0.25) is 0 Å². The first-order chi connectivity index (χ1) is 7.48. The fourth-order valence-electron chi connectivity index (χ4n) is 1.54. The Hall–Kier alpha value is -1.41. The third-order valence-electron chi connectivity index (χ3n) is 2.44. The van der Waals surface area contributed by atoms with Crippen LogP contribution in [0.1, 0.15) is 5.56 Å². The number of fused-ring (bicyclic) bond motifs is 1. The third kappa shape index (κ3) is 2.07. The quantitative estimate of drug-likeness (QED) is 0.666. The fourth-order valence-corrected chi connectivity index (χ4v) is 1.65. The van der Waals surface area contributed by atoms with E-state index in [1.807, 2.05) is 24.3 Å². The summed E-state index contributed by atoms with van der Waals surface area (Å²) < 4.78 is 25.7. The first-order valence-corrected chi connectivity index (χ1v) is 5.11. The van der Waals surface area contributed by atoms with Crippen molar-refractivity contribution in [2.75, 3.05) is 0 Å². The minimum atomic E-state index is -3.40. The second-order valence-corrected chi connectivity index (χ2v) is 4.01. The number of rotatable bonds is 2. The van der Waals surface area contributed by atoms with Crippen molar-refractivity contribution in [1.29, 1.82) is 0 Å². The lowest BCUT2D eigenvalue weighted by Gasteiger charge is -2.12. The van der Waals surface area contributed by atoms with Gasteiger partial charge in [0.15, 0.2) is 0 Å². The van der Waals surface area contributed by atoms with Gasteiger partial charge < -0.3 is 0 Å². The summed E-state index contributed by atoms with van der Waals surface area (Å²) in [6, 6.07) is 12.6. The van der Waals surface area contributed by atoms with Crippen molar-refractivity contribution in [3.05, 3.63) is 54.6 Å². The van der Waals surface area contributed by atoms with E-state index >= 15 is 0 Å². The number of hydrogen-bond donors (Lipinski definition) is 0. The lowest BCUT2D eigenvalue weighted by Crippen LogP contribution is -2.07. The van der Waals surface area contributed by atoms with Crippen molar-refractivity contribution >= 4 is 27.9 Å². The molecule has 0 atom stereocenters. The Kier molecular flexibility index (Phi) is 2.68. The predicted octanol–water partition coefficient (Wildman–Crippen LogP) is 4.68. The summed E-state index contributed by atoms with van der Waals surface area (Å²) in [6.45, 7) is 3.32. The Bertz CT molecular complexity index is 541. The zero-order valence-corrected chi connectivity index (χ0v) is 9.14. The number of allylic oxidation sites excluding steroid dienone is 1. The number of hydrogen-bond acceptors (Lipinski definition) is 0. The number of halogens is 3. The highest BCUT2D eigenvalue weighted by Crippen LogP contribution is 2.35. The van der Waals surface area contributed by atoms with E-state index < -0.39 is 5.38 Å². The van der Waals surface area contributed by atoms with E-state index in [0.29, 0.717) is 5.56 Å². The molecule has 0 aromatic heterocycles. The molecule has 0 unspecified atom stereocenters. The molecule has 16 heavy (non-hydrogen) atoms. The molecule has 0 aliphatic heterocycles. The van der Waals surface area contributed by atoms with E-state index in [-0.39, 0.29) is 5.57 Å². The van der Waals surface area contributed by atoms with Gasteiger partial charge in [0.05, 0.1) is 0 Å². The smallest absolute Gasteiger partial charge is 0.183 e. The van der Waals surface area contributed by atoms with E-state index in [9.17, 15) is 8.78 Å². The molecule has 0 aliphatic carbocycles. The van der Waals surface area contributed by atoms with E-state index in [1.54, 1.807) is 18.2 Å². The van der Waals surface area contributed by atoms with Crippen molar-refractivity contribution in [3.8, 4) is 0 Å². The van der Waals surface area contributed by atoms with Crippen molar-refractivity contribution in [1.82, 2.24) is 0 Å². The van der Waals surface area contributed by atoms with Crippen LogP contribution in [0.5, 0.6) is 0 Å². The molecule has 0 radical (unpaired) electrons. The van der Waals surface area contributed by atoms with Gasteiger partial charge in [-0.05, 0) is 34.0 Å². The van der Waals surface area contributed by atoms with Crippen LogP contribution in [0.2, 0.25) is 0 Å². The highest BCUT2D eigenvalue weighted by molar-refractivity contribution is 6.27. The van der Waals surface area contributed by atoms with Crippen LogP contribution < -0.4 is 0 Å². The molecule has 0 nitrogen and oxygen atoms in total. The minimum Gasteiger partial charge on any atom is -0.183 e. The van der Waals surface area contributed by atoms with E-state index in [1.165, 1.54) is 0 Å². The van der Waals surface area contributed by atoms with Crippen molar-refractivity contribution in [2.24, 2.45) is 0 Å². The molecule has 0 saturated carbocycles. The van der Waals surface area contributed by atoms with Crippen LogP contribution in [-0.2, 0) is 0 Å². The molecule has 0 aliphatic rings. The number of alkyl halides is 3. The van der Waals surface area contributed by atoms with Gasteiger partial charge in [-0.15, -0.1) is 0 Å². The van der Waals surface area contributed by atoms with Crippen LogP contribution in [0.15, 0.2) is 49.0 Å². The zero-order chi connectivity index (χ0) is 11.8. The summed E-state index contributed by atoms with van der Waals surface area (Å²) in [6.07, 6.45) is 0. The summed E-state index contributed by atoms with van der Waals surface area (Å²) in [5, 5.41) is -1.51. The van der Waals surface area contributed by atoms with Gasteiger partial charge in [-0.1, -0.05) is 43.0 Å². The lowest BCUT2D eigenvalue weighted by molar-refractivity contribution is 0.165. The van der Waals surface area contributed by atoms with Gasteiger partial charge in [0, 0.05) is 5.57 Å². The van der Waals surface area contributed by atoms with Gasteiger partial charge in [0.2, 0.25) is 0 Å². The zero-order valence-electron chi connectivity index (χ0n) is 8.38. The predicted molar refractivity (Wildman–Crippen MR) is 63.8 cm³/mol. The van der Waals surface area contributed by atoms with Crippen molar-refractivity contribution in [3.63, 3.8) is 0 Å². The van der Waals surface area contributed by atoms with Crippen LogP contribution in [0.4, 0.5) is 8.78 Å². The average molecular weight is 239 g/mol. The third-order valence-corrected chi connectivity index (χ3v) is 2.67. The monoisotopic (exact) mass is 238 g/mol. The van der Waals surface area contributed by atoms with Crippen molar-refractivity contribution < 1.29 is 8.78 Å². The Morgan fingerprint density at radius 1 is 1.06 bits per heavy atom. The Morgan fingerprint density at radius 3 is 2.31 bits per heavy atom. The molecule has 3 heteroatoms. The molecule has 2 rings (SSSR count).